The quantitative estimate of drug-likeness (QED) is 0.725. The lowest BCUT2D eigenvalue weighted by Gasteiger charge is -2.36. The summed E-state index contributed by atoms with van der Waals surface area (Å²) in [6.07, 6.45) is 0. The summed E-state index contributed by atoms with van der Waals surface area (Å²) in [6, 6.07) is 0.220. The zero-order valence-electron chi connectivity index (χ0n) is 10.1. The zero-order chi connectivity index (χ0) is 11.4. The first-order valence-electron chi connectivity index (χ1n) is 5.77. The van der Waals surface area contributed by atoms with Gasteiger partial charge in [0.05, 0.1) is 0 Å². The highest BCUT2D eigenvalue weighted by molar-refractivity contribution is 5.78. The molecule has 4 nitrogen and oxygen atoms in total. The maximum Gasteiger partial charge on any atom is 0.225 e. The molecule has 4 heteroatoms. The first kappa shape index (κ1) is 12.5. The van der Waals surface area contributed by atoms with E-state index in [1.54, 1.807) is 0 Å². The minimum atomic E-state index is 0.116. The van der Waals surface area contributed by atoms with E-state index in [-0.39, 0.29) is 17.9 Å². The smallest absolute Gasteiger partial charge is 0.225 e. The lowest BCUT2D eigenvalue weighted by Crippen LogP contribution is -2.51. The lowest BCUT2D eigenvalue weighted by atomic mass is 10.1. The highest BCUT2D eigenvalue weighted by Gasteiger charge is 2.22. The molecule has 15 heavy (non-hydrogen) atoms. The van der Waals surface area contributed by atoms with Gasteiger partial charge in [0.1, 0.15) is 0 Å². The van der Waals surface area contributed by atoms with Crippen molar-refractivity contribution in [3.05, 3.63) is 0 Å². The molecule has 1 aliphatic heterocycles. The van der Waals surface area contributed by atoms with Gasteiger partial charge in [0.15, 0.2) is 0 Å². The van der Waals surface area contributed by atoms with Crippen LogP contribution in [0.3, 0.4) is 0 Å². The summed E-state index contributed by atoms with van der Waals surface area (Å²) in [6.45, 7) is 10.5. The Labute approximate surface area is 92.4 Å². The number of carbonyl (C=O) groups excluding carboxylic acids is 1. The Kier molecular flexibility index (Phi) is 4.54. The second-order valence-corrected chi connectivity index (χ2v) is 4.76. The first-order chi connectivity index (χ1) is 7.00. The molecule has 0 spiro atoms. The number of hydrogen-bond donors (Lipinski definition) is 1. The maximum atomic E-state index is 11.7. The van der Waals surface area contributed by atoms with Crippen LogP contribution in [-0.4, -0.2) is 54.5 Å². The number of hydrogen-bond acceptors (Lipinski definition) is 3. The van der Waals surface area contributed by atoms with Crippen molar-refractivity contribution >= 4 is 5.91 Å². The van der Waals surface area contributed by atoms with E-state index < -0.39 is 0 Å². The summed E-state index contributed by atoms with van der Waals surface area (Å²) in [4.78, 5) is 16.0. The standard InChI is InChI=1S/C11H23N3O/c1-9(2)11(15)14-6-4-13(5-7-14)8-10(3)12/h9-10H,4-8,12H2,1-3H3. The highest BCUT2D eigenvalue weighted by Crippen LogP contribution is 2.06. The Morgan fingerprint density at radius 2 is 1.73 bits per heavy atom. The van der Waals surface area contributed by atoms with E-state index in [9.17, 15) is 4.79 Å². The van der Waals surface area contributed by atoms with E-state index in [2.05, 4.69) is 4.90 Å². The van der Waals surface area contributed by atoms with Gasteiger partial charge in [-0.15, -0.1) is 0 Å². The Morgan fingerprint density at radius 3 is 2.13 bits per heavy atom. The number of nitrogens with two attached hydrogens (primary N) is 1. The summed E-state index contributed by atoms with van der Waals surface area (Å²) < 4.78 is 0. The van der Waals surface area contributed by atoms with Crippen molar-refractivity contribution in [3.8, 4) is 0 Å². The van der Waals surface area contributed by atoms with Gasteiger partial charge in [-0.2, -0.15) is 0 Å². The molecule has 1 aliphatic rings. The molecule has 1 rings (SSSR count). The average Bonchev–Trinajstić information content (AvgIpc) is 2.17. The number of nitrogens with zero attached hydrogens (tertiary/aromatic N) is 2. The van der Waals surface area contributed by atoms with Crippen LogP contribution in [0.2, 0.25) is 0 Å². The number of rotatable bonds is 3. The average molecular weight is 213 g/mol. The Balaban J connectivity index is 2.32. The minimum Gasteiger partial charge on any atom is -0.340 e. The van der Waals surface area contributed by atoms with Crippen molar-refractivity contribution < 1.29 is 4.79 Å². The molecule has 0 bridgehead atoms. The van der Waals surface area contributed by atoms with Gasteiger partial charge in [0.25, 0.3) is 0 Å². The van der Waals surface area contributed by atoms with Gasteiger partial charge in [-0.3, -0.25) is 9.69 Å². The monoisotopic (exact) mass is 213 g/mol. The van der Waals surface area contributed by atoms with Crippen LogP contribution in [0, 0.1) is 5.92 Å². The summed E-state index contributed by atoms with van der Waals surface area (Å²) in [7, 11) is 0. The van der Waals surface area contributed by atoms with Gasteiger partial charge in [-0.25, -0.2) is 0 Å². The van der Waals surface area contributed by atoms with Gasteiger partial charge < -0.3 is 10.6 Å². The van der Waals surface area contributed by atoms with Crippen LogP contribution in [0.1, 0.15) is 20.8 Å². The van der Waals surface area contributed by atoms with E-state index in [1.165, 1.54) is 0 Å². The third-order valence-corrected chi connectivity index (χ3v) is 2.72. The summed E-state index contributed by atoms with van der Waals surface area (Å²) in [5.74, 6) is 0.389. The normalized spacial score (nSPS) is 20.7. The summed E-state index contributed by atoms with van der Waals surface area (Å²) >= 11 is 0. The predicted molar refractivity (Wildman–Crippen MR) is 61.5 cm³/mol. The highest BCUT2D eigenvalue weighted by atomic mass is 16.2. The van der Waals surface area contributed by atoms with Crippen LogP contribution >= 0.6 is 0 Å². The Bertz CT molecular complexity index is 208. The summed E-state index contributed by atoms with van der Waals surface area (Å²) in [5, 5.41) is 0. The summed E-state index contributed by atoms with van der Waals surface area (Å²) in [5.41, 5.74) is 5.74. The molecule has 2 N–H and O–H groups in total. The fraction of sp³-hybridized carbons (Fsp3) is 0.909. The van der Waals surface area contributed by atoms with Crippen molar-refractivity contribution in [2.45, 2.75) is 26.8 Å². The van der Waals surface area contributed by atoms with Crippen LogP contribution in [-0.2, 0) is 4.79 Å². The molecule has 88 valence electrons. The maximum absolute atomic E-state index is 11.7. The van der Waals surface area contributed by atoms with Crippen molar-refractivity contribution in [1.82, 2.24) is 9.80 Å². The molecule has 0 aromatic rings. The van der Waals surface area contributed by atoms with Gasteiger partial charge in [-0.1, -0.05) is 13.8 Å². The number of piperazine rings is 1. The van der Waals surface area contributed by atoms with E-state index in [4.69, 9.17) is 5.73 Å². The molecule has 1 amide bonds. The van der Waals surface area contributed by atoms with Gasteiger partial charge in [0, 0.05) is 44.7 Å². The van der Waals surface area contributed by atoms with Crippen LogP contribution in [0.4, 0.5) is 0 Å². The third kappa shape index (κ3) is 3.80. The fourth-order valence-electron chi connectivity index (χ4n) is 1.92. The largest absolute Gasteiger partial charge is 0.340 e. The molecule has 1 atom stereocenters. The van der Waals surface area contributed by atoms with Gasteiger partial charge in [-0.05, 0) is 6.92 Å². The van der Waals surface area contributed by atoms with Crippen molar-refractivity contribution in [2.24, 2.45) is 11.7 Å². The van der Waals surface area contributed by atoms with Gasteiger partial charge in [0.2, 0.25) is 5.91 Å². The molecular weight excluding hydrogens is 190 g/mol. The van der Waals surface area contributed by atoms with Gasteiger partial charge >= 0.3 is 0 Å². The molecule has 1 heterocycles. The number of carbonyl (C=O) groups is 1. The van der Waals surface area contributed by atoms with E-state index >= 15 is 0 Å². The Morgan fingerprint density at radius 1 is 1.20 bits per heavy atom. The Hall–Kier alpha value is -0.610. The lowest BCUT2D eigenvalue weighted by molar-refractivity contribution is -0.136. The fourth-order valence-corrected chi connectivity index (χ4v) is 1.92. The topological polar surface area (TPSA) is 49.6 Å². The molecule has 0 radical (unpaired) electrons. The van der Waals surface area contributed by atoms with E-state index in [0.29, 0.717) is 0 Å². The molecule has 1 unspecified atom stereocenters. The van der Waals surface area contributed by atoms with E-state index in [0.717, 1.165) is 32.7 Å². The molecule has 1 saturated heterocycles. The molecule has 0 aliphatic carbocycles. The molecule has 0 aromatic carbocycles. The predicted octanol–water partition coefficient (Wildman–Crippen LogP) is 0.134. The second-order valence-electron chi connectivity index (χ2n) is 4.76. The van der Waals surface area contributed by atoms with Crippen molar-refractivity contribution in [2.75, 3.05) is 32.7 Å². The van der Waals surface area contributed by atoms with Crippen LogP contribution in [0.5, 0.6) is 0 Å². The zero-order valence-corrected chi connectivity index (χ0v) is 10.1. The van der Waals surface area contributed by atoms with Crippen LogP contribution in [0.25, 0.3) is 0 Å². The molecule has 0 saturated carbocycles. The van der Waals surface area contributed by atoms with E-state index in [1.807, 2.05) is 25.7 Å². The molecule has 0 aromatic heterocycles. The first-order valence-corrected chi connectivity index (χ1v) is 5.77. The van der Waals surface area contributed by atoms with Crippen molar-refractivity contribution in [1.29, 1.82) is 0 Å². The van der Waals surface area contributed by atoms with Crippen LogP contribution < -0.4 is 5.73 Å². The van der Waals surface area contributed by atoms with Crippen molar-refractivity contribution in [3.63, 3.8) is 0 Å². The minimum absolute atomic E-state index is 0.116. The number of amides is 1. The second kappa shape index (κ2) is 5.47. The SMILES string of the molecule is CC(N)CN1CCN(C(=O)C(C)C)CC1. The van der Waals surface area contributed by atoms with Crippen LogP contribution in [0.15, 0.2) is 0 Å². The molecule has 1 fully saturated rings. The molecular formula is C11H23N3O. The third-order valence-electron chi connectivity index (χ3n) is 2.72.